The molecule has 0 atom stereocenters. The molecule has 2 rings (SSSR count). The highest BCUT2D eigenvalue weighted by atomic mass is 79.9. The van der Waals surface area contributed by atoms with E-state index in [2.05, 4.69) is 36.4 Å². The fourth-order valence-electron chi connectivity index (χ4n) is 1.54. The Morgan fingerprint density at radius 2 is 2.09 bits per heavy atom. The summed E-state index contributed by atoms with van der Waals surface area (Å²) in [5, 5.41) is 3.82. The van der Waals surface area contributed by atoms with Crippen molar-refractivity contribution in [3.8, 4) is 5.75 Å². The standard InChI is InChI=1S/C13H10BrF3N4O/c1-22-10-3-2-9(14)6-8(10)7-19-21-12-18-5-4-11(20-12)13(15,16)17/h2-7H,1H3,(H,18,20,21). The lowest BCUT2D eigenvalue weighted by Gasteiger charge is -2.06. The Kier molecular flexibility index (Phi) is 4.96. The molecular formula is C13H10BrF3N4O. The van der Waals surface area contributed by atoms with Crippen LogP contribution in [0.3, 0.4) is 0 Å². The number of ether oxygens (including phenoxy) is 1. The molecule has 0 unspecified atom stereocenters. The molecule has 1 N–H and O–H groups in total. The molecule has 0 amide bonds. The third-order valence-electron chi connectivity index (χ3n) is 2.51. The van der Waals surface area contributed by atoms with Crippen LogP contribution in [0.25, 0.3) is 0 Å². The number of benzene rings is 1. The van der Waals surface area contributed by atoms with Gasteiger partial charge >= 0.3 is 6.18 Å². The maximum atomic E-state index is 12.5. The molecule has 1 heterocycles. The molecule has 5 nitrogen and oxygen atoms in total. The SMILES string of the molecule is COc1ccc(Br)cc1C=NNc1nccc(C(F)(F)F)n1. The highest BCUT2D eigenvalue weighted by Gasteiger charge is 2.32. The van der Waals surface area contributed by atoms with E-state index in [1.807, 2.05) is 0 Å². The van der Waals surface area contributed by atoms with Gasteiger partial charge in [-0.2, -0.15) is 18.3 Å². The van der Waals surface area contributed by atoms with Crippen LogP contribution in [0, 0.1) is 0 Å². The average Bonchev–Trinajstić information content (AvgIpc) is 2.47. The number of hydrogen-bond acceptors (Lipinski definition) is 5. The molecule has 0 saturated carbocycles. The van der Waals surface area contributed by atoms with Crippen molar-refractivity contribution in [1.82, 2.24) is 9.97 Å². The predicted molar refractivity (Wildman–Crippen MR) is 78.9 cm³/mol. The third kappa shape index (κ3) is 4.17. The van der Waals surface area contributed by atoms with E-state index in [0.29, 0.717) is 11.3 Å². The van der Waals surface area contributed by atoms with E-state index in [1.165, 1.54) is 13.3 Å². The number of anilines is 1. The van der Waals surface area contributed by atoms with Crippen molar-refractivity contribution in [2.45, 2.75) is 6.18 Å². The summed E-state index contributed by atoms with van der Waals surface area (Å²) >= 11 is 3.31. The normalized spacial score (nSPS) is 11.7. The van der Waals surface area contributed by atoms with Gasteiger partial charge in [-0.15, -0.1) is 0 Å². The molecule has 1 aromatic heterocycles. The van der Waals surface area contributed by atoms with Crippen LogP contribution < -0.4 is 10.2 Å². The second-order valence-electron chi connectivity index (χ2n) is 4.02. The molecule has 22 heavy (non-hydrogen) atoms. The minimum absolute atomic E-state index is 0.250. The molecule has 0 spiro atoms. The van der Waals surface area contributed by atoms with Crippen LogP contribution in [-0.4, -0.2) is 23.3 Å². The first kappa shape index (κ1) is 16.2. The molecule has 0 bridgehead atoms. The highest BCUT2D eigenvalue weighted by Crippen LogP contribution is 2.27. The van der Waals surface area contributed by atoms with Crippen LogP contribution in [0.15, 0.2) is 40.0 Å². The van der Waals surface area contributed by atoms with Crippen molar-refractivity contribution < 1.29 is 17.9 Å². The molecule has 0 saturated heterocycles. The topological polar surface area (TPSA) is 59.4 Å². The average molecular weight is 375 g/mol. The smallest absolute Gasteiger partial charge is 0.433 e. The van der Waals surface area contributed by atoms with Crippen LogP contribution in [0.5, 0.6) is 5.75 Å². The van der Waals surface area contributed by atoms with Crippen molar-refractivity contribution in [2.75, 3.05) is 12.5 Å². The third-order valence-corrected chi connectivity index (χ3v) is 3.00. The van der Waals surface area contributed by atoms with Crippen LogP contribution in [0.4, 0.5) is 19.1 Å². The van der Waals surface area contributed by atoms with Gasteiger partial charge in [0.1, 0.15) is 11.4 Å². The van der Waals surface area contributed by atoms with Crippen molar-refractivity contribution in [1.29, 1.82) is 0 Å². The Morgan fingerprint density at radius 3 is 2.77 bits per heavy atom. The van der Waals surface area contributed by atoms with Gasteiger partial charge in [0.05, 0.1) is 13.3 Å². The largest absolute Gasteiger partial charge is 0.496 e. The molecule has 9 heteroatoms. The number of hydrazone groups is 1. The van der Waals surface area contributed by atoms with Crippen molar-refractivity contribution in [3.05, 3.63) is 46.2 Å². The molecule has 0 fully saturated rings. The fourth-order valence-corrected chi connectivity index (χ4v) is 1.91. The maximum Gasteiger partial charge on any atom is 0.433 e. The Bertz CT molecular complexity index is 691. The number of rotatable bonds is 4. The summed E-state index contributed by atoms with van der Waals surface area (Å²) in [6, 6.07) is 6.05. The van der Waals surface area contributed by atoms with Gasteiger partial charge in [-0.3, -0.25) is 0 Å². The number of alkyl halides is 3. The molecule has 2 aromatic rings. The van der Waals surface area contributed by atoms with Gasteiger partial charge in [0.15, 0.2) is 0 Å². The Morgan fingerprint density at radius 1 is 1.32 bits per heavy atom. The first-order valence-electron chi connectivity index (χ1n) is 5.93. The minimum atomic E-state index is -4.53. The van der Waals surface area contributed by atoms with Gasteiger partial charge < -0.3 is 4.74 Å². The summed E-state index contributed by atoms with van der Waals surface area (Å²) < 4.78 is 43.5. The van der Waals surface area contributed by atoms with Crippen LogP contribution in [0.1, 0.15) is 11.3 Å². The summed E-state index contributed by atoms with van der Waals surface area (Å²) in [5.74, 6) is 0.318. The molecule has 1 aromatic carbocycles. The van der Waals surface area contributed by atoms with E-state index in [0.717, 1.165) is 16.7 Å². The Hall–Kier alpha value is -2.16. The zero-order valence-corrected chi connectivity index (χ0v) is 12.8. The van der Waals surface area contributed by atoms with Crippen LogP contribution in [0.2, 0.25) is 0 Å². The van der Waals surface area contributed by atoms with E-state index in [1.54, 1.807) is 18.2 Å². The van der Waals surface area contributed by atoms with Gasteiger partial charge in [0, 0.05) is 16.2 Å². The lowest BCUT2D eigenvalue weighted by molar-refractivity contribution is -0.141. The predicted octanol–water partition coefficient (Wildman–Crippen LogP) is 3.71. The number of aromatic nitrogens is 2. The molecule has 0 radical (unpaired) electrons. The van der Waals surface area contributed by atoms with E-state index in [4.69, 9.17) is 4.74 Å². The highest BCUT2D eigenvalue weighted by molar-refractivity contribution is 9.10. The first-order valence-corrected chi connectivity index (χ1v) is 6.72. The number of nitrogens with one attached hydrogen (secondary N) is 1. The molecule has 0 aliphatic carbocycles. The van der Waals surface area contributed by atoms with Crippen LogP contribution >= 0.6 is 15.9 Å². The molecular weight excluding hydrogens is 365 g/mol. The molecule has 0 aliphatic rings. The second-order valence-corrected chi connectivity index (χ2v) is 4.94. The van der Waals surface area contributed by atoms with Crippen molar-refractivity contribution in [2.24, 2.45) is 5.10 Å². The number of nitrogens with zero attached hydrogens (tertiary/aromatic N) is 3. The zero-order chi connectivity index (χ0) is 16.2. The maximum absolute atomic E-state index is 12.5. The summed E-state index contributed by atoms with van der Waals surface area (Å²) in [7, 11) is 1.50. The van der Waals surface area contributed by atoms with E-state index >= 15 is 0 Å². The zero-order valence-electron chi connectivity index (χ0n) is 11.2. The molecule has 116 valence electrons. The monoisotopic (exact) mass is 374 g/mol. The van der Waals surface area contributed by atoms with Crippen LogP contribution in [-0.2, 0) is 6.18 Å². The lowest BCUT2D eigenvalue weighted by Crippen LogP contribution is -2.10. The van der Waals surface area contributed by atoms with Gasteiger partial charge in [-0.1, -0.05) is 15.9 Å². The number of hydrogen-bond donors (Lipinski definition) is 1. The van der Waals surface area contributed by atoms with Gasteiger partial charge in [0.2, 0.25) is 5.95 Å². The molecule has 0 aliphatic heterocycles. The quantitative estimate of drug-likeness (QED) is 0.654. The summed E-state index contributed by atoms with van der Waals surface area (Å²) in [5.41, 5.74) is 1.95. The number of halogens is 4. The van der Waals surface area contributed by atoms with E-state index in [-0.39, 0.29) is 5.95 Å². The van der Waals surface area contributed by atoms with Crippen molar-refractivity contribution in [3.63, 3.8) is 0 Å². The minimum Gasteiger partial charge on any atom is -0.496 e. The number of methoxy groups -OCH3 is 1. The summed E-state index contributed by atoms with van der Waals surface area (Å²) in [6.45, 7) is 0. The first-order chi connectivity index (χ1) is 10.4. The second kappa shape index (κ2) is 6.73. The Balaban J connectivity index is 2.15. The summed E-state index contributed by atoms with van der Waals surface area (Å²) in [6.07, 6.45) is -2.13. The lowest BCUT2D eigenvalue weighted by atomic mass is 10.2. The van der Waals surface area contributed by atoms with Gasteiger partial charge in [0.25, 0.3) is 0 Å². The van der Waals surface area contributed by atoms with E-state index < -0.39 is 11.9 Å². The van der Waals surface area contributed by atoms with Gasteiger partial charge in [-0.25, -0.2) is 15.4 Å². The van der Waals surface area contributed by atoms with E-state index in [9.17, 15) is 13.2 Å². The van der Waals surface area contributed by atoms with Gasteiger partial charge in [-0.05, 0) is 24.3 Å². The van der Waals surface area contributed by atoms with Crippen molar-refractivity contribution >= 4 is 28.1 Å². The fraction of sp³-hybridized carbons (Fsp3) is 0.154. The Labute approximate surface area is 132 Å². The summed E-state index contributed by atoms with van der Waals surface area (Å²) in [4.78, 5) is 7.00.